The highest BCUT2D eigenvalue weighted by atomic mass is 35.5. The van der Waals surface area contributed by atoms with Gasteiger partial charge in [0.2, 0.25) is 15.8 Å². The van der Waals surface area contributed by atoms with Crippen LogP contribution in [0.1, 0.15) is 37.1 Å². The van der Waals surface area contributed by atoms with E-state index in [1.807, 2.05) is 13.8 Å². The summed E-state index contributed by atoms with van der Waals surface area (Å²) < 4.78 is 36.5. The van der Waals surface area contributed by atoms with Crippen LogP contribution in [-0.2, 0) is 21.2 Å². The van der Waals surface area contributed by atoms with Crippen molar-refractivity contribution in [3.63, 3.8) is 0 Å². The average Bonchev–Trinajstić information content (AvgIpc) is 2.90. The number of hydrogen-bond donors (Lipinski definition) is 1. The third kappa shape index (κ3) is 4.94. The Morgan fingerprint density at radius 2 is 2.00 bits per heavy atom. The molecule has 1 rings (SSSR count). The highest BCUT2D eigenvalue weighted by molar-refractivity contribution is 7.89. The van der Waals surface area contributed by atoms with E-state index in [1.54, 1.807) is 6.92 Å². The lowest BCUT2D eigenvalue weighted by atomic mass is 9.94. The monoisotopic (exact) mass is 368 g/mol. The molecule has 1 heterocycles. The van der Waals surface area contributed by atoms with Gasteiger partial charge in [0.05, 0.1) is 7.11 Å². The molecule has 7 nitrogen and oxygen atoms in total. The Bertz CT molecular complexity index is 640. The van der Waals surface area contributed by atoms with Gasteiger partial charge in [0.1, 0.15) is 10.7 Å². The lowest BCUT2D eigenvalue weighted by molar-refractivity contribution is 0.0563. The maximum atomic E-state index is 12.7. The normalized spacial score (nSPS) is 12.1. The van der Waals surface area contributed by atoms with Gasteiger partial charge in [0.25, 0.3) is 0 Å². The van der Waals surface area contributed by atoms with E-state index in [4.69, 9.17) is 10.2 Å². The van der Waals surface area contributed by atoms with Crippen molar-refractivity contribution in [3.05, 3.63) is 17.6 Å². The van der Waals surface area contributed by atoms with Gasteiger partial charge >= 0.3 is 5.97 Å². The summed E-state index contributed by atoms with van der Waals surface area (Å²) in [7, 11) is -1.08. The van der Waals surface area contributed by atoms with Crippen molar-refractivity contribution in [3.8, 4) is 0 Å². The summed E-state index contributed by atoms with van der Waals surface area (Å²) in [5.74, 6) is -0.594. The molecule has 0 fully saturated rings. The molecule has 0 bridgehead atoms. The largest absolute Gasteiger partial charge is 0.463 e. The Balaban J connectivity index is 0.00000484. The number of furan rings is 1. The fourth-order valence-corrected chi connectivity index (χ4v) is 3.58. The Morgan fingerprint density at radius 3 is 2.43 bits per heavy atom. The zero-order chi connectivity index (χ0) is 17.1. The molecular weight excluding hydrogens is 344 g/mol. The molecule has 0 aliphatic heterocycles. The summed E-state index contributed by atoms with van der Waals surface area (Å²) >= 11 is 0. The van der Waals surface area contributed by atoms with E-state index in [2.05, 4.69) is 4.74 Å². The summed E-state index contributed by atoms with van der Waals surface area (Å²) in [5.41, 5.74) is 5.30. The van der Waals surface area contributed by atoms with Crippen LogP contribution in [0, 0.1) is 5.41 Å². The van der Waals surface area contributed by atoms with Gasteiger partial charge in [-0.15, -0.1) is 12.4 Å². The minimum absolute atomic E-state index is 0. The van der Waals surface area contributed by atoms with Crippen LogP contribution < -0.4 is 5.73 Å². The number of aryl methyl sites for hydroxylation is 1. The molecule has 0 aliphatic rings. The second-order valence-electron chi connectivity index (χ2n) is 5.87. The number of methoxy groups -OCH3 is 1. The molecule has 0 atom stereocenters. The summed E-state index contributed by atoms with van der Waals surface area (Å²) in [6, 6.07) is 1.21. The van der Waals surface area contributed by atoms with Crippen LogP contribution in [0.25, 0.3) is 0 Å². The van der Waals surface area contributed by atoms with E-state index in [0.717, 1.165) is 0 Å². The molecule has 0 aliphatic carbocycles. The molecule has 23 heavy (non-hydrogen) atoms. The number of carbonyl (C=O) groups is 1. The molecule has 0 saturated heterocycles. The maximum Gasteiger partial charge on any atom is 0.373 e. The summed E-state index contributed by atoms with van der Waals surface area (Å²) in [5, 5.41) is 0. The summed E-state index contributed by atoms with van der Waals surface area (Å²) in [4.78, 5) is 11.5. The predicted octanol–water partition coefficient (Wildman–Crippen LogP) is 1.66. The lowest BCUT2D eigenvalue weighted by Crippen LogP contribution is -2.39. The van der Waals surface area contributed by atoms with Crippen LogP contribution in [0.2, 0.25) is 0 Å². The van der Waals surface area contributed by atoms with E-state index in [9.17, 15) is 13.2 Å². The van der Waals surface area contributed by atoms with Crippen molar-refractivity contribution in [1.82, 2.24) is 4.31 Å². The van der Waals surface area contributed by atoms with Crippen LogP contribution in [-0.4, -0.2) is 45.9 Å². The fraction of sp³-hybridized carbons (Fsp3) is 0.643. The number of carbonyl (C=O) groups excluding carboxylic acids is 1. The van der Waals surface area contributed by atoms with E-state index in [1.165, 1.54) is 24.5 Å². The van der Waals surface area contributed by atoms with Crippen molar-refractivity contribution < 1.29 is 22.4 Å². The Morgan fingerprint density at radius 1 is 1.43 bits per heavy atom. The number of sulfonamides is 1. The topological polar surface area (TPSA) is 103 Å². The summed E-state index contributed by atoms with van der Waals surface area (Å²) in [6.45, 7) is 6.13. The van der Waals surface area contributed by atoms with Crippen molar-refractivity contribution in [2.45, 2.75) is 32.1 Å². The van der Waals surface area contributed by atoms with E-state index in [0.29, 0.717) is 13.0 Å². The number of nitrogens with zero attached hydrogens (tertiary/aromatic N) is 1. The van der Waals surface area contributed by atoms with E-state index >= 15 is 0 Å². The molecular formula is C14H25ClN2O5S. The molecule has 2 N–H and O–H groups in total. The smallest absolute Gasteiger partial charge is 0.373 e. The first-order valence-electron chi connectivity index (χ1n) is 6.96. The fourth-order valence-electron chi connectivity index (χ4n) is 2.00. The first kappa shape index (κ1) is 21.9. The predicted molar refractivity (Wildman–Crippen MR) is 89.3 cm³/mol. The van der Waals surface area contributed by atoms with Gasteiger partial charge in [-0.25, -0.2) is 17.5 Å². The molecule has 0 aromatic carbocycles. The molecule has 134 valence electrons. The van der Waals surface area contributed by atoms with E-state index in [-0.39, 0.29) is 40.8 Å². The number of rotatable bonds is 7. The van der Waals surface area contributed by atoms with Crippen LogP contribution in [0.15, 0.2) is 15.4 Å². The third-order valence-corrected chi connectivity index (χ3v) is 5.22. The van der Waals surface area contributed by atoms with Crippen LogP contribution in [0.5, 0.6) is 0 Å². The van der Waals surface area contributed by atoms with Crippen molar-refractivity contribution in [1.29, 1.82) is 0 Å². The van der Waals surface area contributed by atoms with Gasteiger partial charge in [-0.2, -0.15) is 0 Å². The first-order valence-corrected chi connectivity index (χ1v) is 8.40. The molecule has 0 unspecified atom stereocenters. The SMILES string of the molecule is CCc1oc(C(=O)OC)cc1S(=O)(=O)N(C)CC(C)(C)CN.Cl. The maximum absolute atomic E-state index is 12.7. The first-order chi connectivity index (χ1) is 10.1. The molecule has 0 saturated carbocycles. The lowest BCUT2D eigenvalue weighted by Gasteiger charge is -2.28. The number of nitrogens with two attached hydrogens (primary N) is 1. The Kier molecular flexibility index (Phi) is 7.75. The van der Waals surface area contributed by atoms with Crippen molar-refractivity contribution >= 4 is 28.4 Å². The Hall–Kier alpha value is -1.09. The van der Waals surface area contributed by atoms with Crippen LogP contribution in [0.3, 0.4) is 0 Å². The Labute approximate surface area is 143 Å². The zero-order valence-electron chi connectivity index (χ0n) is 14.1. The van der Waals surface area contributed by atoms with Crippen molar-refractivity contribution in [2.75, 3.05) is 27.2 Å². The van der Waals surface area contributed by atoms with Crippen LogP contribution in [0.4, 0.5) is 0 Å². The second-order valence-corrected chi connectivity index (χ2v) is 7.89. The molecule has 0 amide bonds. The van der Waals surface area contributed by atoms with Crippen molar-refractivity contribution in [2.24, 2.45) is 11.1 Å². The highest BCUT2D eigenvalue weighted by Gasteiger charge is 2.32. The number of halogens is 1. The molecule has 0 radical (unpaired) electrons. The van der Waals surface area contributed by atoms with Gasteiger partial charge < -0.3 is 14.9 Å². The molecule has 1 aromatic heterocycles. The van der Waals surface area contributed by atoms with Gasteiger partial charge in [-0.05, 0) is 12.0 Å². The van der Waals surface area contributed by atoms with Gasteiger partial charge in [-0.3, -0.25) is 0 Å². The van der Waals surface area contributed by atoms with E-state index < -0.39 is 16.0 Å². The number of esters is 1. The van der Waals surface area contributed by atoms with Crippen LogP contribution >= 0.6 is 12.4 Å². The third-order valence-electron chi connectivity index (χ3n) is 3.37. The minimum atomic E-state index is -3.77. The van der Waals surface area contributed by atoms with Gasteiger partial charge in [0, 0.05) is 26.1 Å². The number of hydrogen-bond acceptors (Lipinski definition) is 6. The molecule has 1 aromatic rings. The van der Waals surface area contributed by atoms with Gasteiger partial charge in [0.15, 0.2) is 0 Å². The summed E-state index contributed by atoms with van der Waals surface area (Å²) in [6.07, 6.45) is 0.347. The molecule has 9 heteroatoms. The van der Waals surface area contributed by atoms with Gasteiger partial charge in [-0.1, -0.05) is 20.8 Å². The number of ether oxygens (including phenoxy) is 1. The highest BCUT2D eigenvalue weighted by Crippen LogP contribution is 2.26. The minimum Gasteiger partial charge on any atom is -0.463 e. The zero-order valence-corrected chi connectivity index (χ0v) is 15.7. The second kappa shape index (κ2) is 8.14. The quantitative estimate of drug-likeness (QED) is 0.734. The standard InChI is InChI=1S/C14H24N2O5S.ClH/c1-6-10-12(7-11(21-10)13(17)20-5)22(18,19)16(4)9-14(2,3)8-15;/h7H,6,8-9,15H2,1-5H3;1H. The average molecular weight is 369 g/mol. The molecule has 0 spiro atoms.